The molecular formula is C20H22F3NO3S. The second-order valence-corrected chi connectivity index (χ2v) is 9.24. The molecule has 0 saturated carbocycles. The molecule has 2 aromatic rings. The summed E-state index contributed by atoms with van der Waals surface area (Å²) in [6.45, 7) is 0.691. The first-order valence-electron chi connectivity index (χ1n) is 8.90. The highest BCUT2D eigenvalue weighted by molar-refractivity contribution is 7.91. The zero-order chi connectivity index (χ0) is 20.4. The maximum absolute atomic E-state index is 13.0. The van der Waals surface area contributed by atoms with Crippen molar-refractivity contribution in [1.29, 1.82) is 0 Å². The van der Waals surface area contributed by atoms with Crippen LogP contribution in [0, 0.1) is 0 Å². The van der Waals surface area contributed by atoms with Crippen LogP contribution < -0.4 is 4.74 Å². The second kappa shape index (κ2) is 8.13. The molecule has 2 aromatic carbocycles. The lowest BCUT2D eigenvalue weighted by Gasteiger charge is -2.28. The van der Waals surface area contributed by atoms with Crippen LogP contribution >= 0.6 is 0 Å². The van der Waals surface area contributed by atoms with Gasteiger partial charge >= 0.3 is 6.18 Å². The van der Waals surface area contributed by atoms with E-state index in [0.717, 1.165) is 17.7 Å². The highest BCUT2D eigenvalue weighted by Gasteiger charge is 2.33. The first-order valence-corrected chi connectivity index (χ1v) is 10.7. The number of alkyl halides is 3. The van der Waals surface area contributed by atoms with Crippen molar-refractivity contribution in [3.05, 3.63) is 65.2 Å². The molecule has 1 aliphatic rings. The third-order valence-electron chi connectivity index (χ3n) is 4.91. The van der Waals surface area contributed by atoms with E-state index >= 15 is 0 Å². The van der Waals surface area contributed by atoms with Gasteiger partial charge in [-0.1, -0.05) is 30.3 Å². The summed E-state index contributed by atoms with van der Waals surface area (Å²) in [7, 11) is -1.54. The van der Waals surface area contributed by atoms with Gasteiger partial charge in [0.05, 0.1) is 24.2 Å². The van der Waals surface area contributed by atoms with Crippen LogP contribution in [0.15, 0.2) is 48.5 Å². The van der Waals surface area contributed by atoms with Crippen molar-refractivity contribution in [1.82, 2.24) is 4.90 Å². The maximum atomic E-state index is 13.0. The minimum atomic E-state index is -4.41. The average Bonchev–Trinajstić information content (AvgIpc) is 3.01. The molecule has 0 radical (unpaired) electrons. The molecule has 152 valence electrons. The Morgan fingerprint density at radius 3 is 2.32 bits per heavy atom. The fourth-order valence-corrected chi connectivity index (χ4v) is 5.19. The highest BCUT2D eigenvalue weighted by Crippen LogP contribution is 2.30. The lowest BCUT2D eigenvalue weighted by Crippen LogP contribution is -2.35. The van der Waals surface area contributed by atoms with Crippen molar-refractivity contribution in [2.45, 2.75) is 31.7 Å². The van der Waals surface area contributed by atoms with E-state index in [1.165, 1.54) is 6.07 Å². The monoisotopic (exact) mass is 413 g/mol. The van der Waals surface area contributed by atoms with E-state index in [1.54, 1.807) is 13.2 Å². The molecule has 1 aliphatic heterocycles. The maximum Gasteiger partial charge on any atom is 0.416 e. The van der Waals surface area contributed by atoms with Crippen LogP contribution in [0.1, 0.15) is 23.1 Å². The van der Waals surface area contributed by atoms with Gasteiger partial charge in [0, 0.05) is 19.1 Å². The van der Waals surface area contributed by atoms with Crippen LogP contribution in [0.4, 0.5) is 13.2 Å². The summed E-state index contributed by atoms with van der Waals surface area (Å²) < 4.78 is 68.1. The van der Waals surface area contributed by atoms with Gasteiger partial charge in [-0.3, -0.25) is 4.90 Å². The molecule has 1 fully saturated rings. The predicted octanol–water partition coefficient (Wildman–Crippen LogP) is 3.90. The molecular weight excluding hydrogens is 391 g/mol. The Morgan fingerprint density at radius 1 is 1.07 bits per heavy atom. The molecule has 0 aromatic heterocycles. The zero-order valence-electron chi connectivity index (χ0n) is 15.4. The Labute approximate surface area is 162 Å². The predicted molar refractivity (Wildman–Crippen MR) is 101 cm³/mol. The van der Waals surface area contributed by atoms with Gasteiger partial charge in [0.2, 0.25) is 0 Å². The first kappa shape index (κ1) is 20.7. The number of hydrogen-bond acceptors (Lipinski definition) is 4. The lowest BCUT2D eigenvalue weighted by molar-refractivity contribution is -0.137. The van der Waals surface area contributed by atoms with Gasteiger partial charge in [-0.25, -0.2) is 8.42 Å². The van der Waals surface area contributed by atoms with Crippen LogP contribution in [0.3, 0.4) is 0 Å². The number of rotatable bonds is 6. The topological polar surface area (TPSA) is 46.6 Å². The SMILES string of the molecule is COc1ccc(CN(Cc2cccc(C(F)(F)F)c2)[C@@H]2CCS(=O)(=O)C2)cc1. The van der Waals surface area contributed by atoms with Gasteiger partial charge in [-0.05, 0) is 35.7 Å². The van der Waals surface area contributed by atoms with Crippen molar-refractivity contribution in [3.63, 3.8) is 0 Å². The number of benzene rings is 2. The standard InChI is InChI=1S/C20H22F3NO3S/c1-27-19-7-5-15(6-8-19)12-24(18-9-10-28(25,26)14-18)13-16-3-2-4-17(11-16)20(21,22)23/h2-8,11,18H,9-10,12-14H2,1H3/t18-/m1/s1. The number of sulfone groups is 1. The Bertz CT molecular complexity index is 911. The minimum Gasteiger partial charge on any atom is -0.497 e. The molecule has 4 nitrogen and oxygen atoms in total. The number of halogens is 3. The third-order valence-corrected chi connectivity index (χ3v) is 6.66. The van der Waals surface area contributed by atoms with Crippen LogP contribution in [0.2, 0.25) is 0 Å². The Balaban J connectivity index is 1.84. The van der Waals surface area contributed by atoms with E-state index in [2.05, 4.69) is 0 Å². The fourth-order valence-electron chi connectivity index (χ4n) is 3.42. The zero-order valence-corrected chi connectivity index (χ0v) is 16.3. The first-order chi connectivity index (χ1) is 13.2. The van der Waals surface area contributed by atoms with Crippen molar-refractivity contribution >= 4 is 9.84 Å². The minimum absolute atomic E-state index is 0.0299. The molecule has 1 heterocycles. The molecule has 0 bridgehead atoms. The van der Waals surface area contributed by atoms with Gasteiger partial charge in [-0.2, -0.15) is 13.2 Å². The van der Waals surface area contributed by atoms with Crippen LogP contribution in [0.5, 0.6) is 5.75 Å². The molecule has 8 heteroatoms. The second-order valence-electron chi connectivity index (χ2n) is 7.01. The molecule has 0 spiro atoms. The van der Waals surface area contributed by atoms with Gasteiger partial charge < -0.3 is 4.74 Å². The Morgan fingerprint density at radius 2 is 1.75 bits per heavy atom. The van der Waals surface area contributed by atoms with Crippen LogP contribution in [0.25, 0.3) is 0 Å². The molecule has 3 rings (SSSR count). The quantitative estimate of drug-likeness (QED) is 0.721. The summed E-state index contributed by atoms with van der Waals surface area (Å²) in [5.74, 6) is 0.846. The number of hydrogen-bond donors (Lipinski definition) is 0. The van der Waals surface area contributed by atoms with Gasteiger partial charge in [0.1, 0.15) is 5.75 Å². The molecule has 0 N–H and O–H groups in total. The number of nitrogens with zero attached hydrogens (tertiary/aromatic N) is 1. The van der Waals surface area contributed by atoms with E-state index in [4.69, 9.17) is 4.74 Å². The van der Waals surface area contributed by atoms with Crippen molar-refractivity contribution in [2.24, 2.45) is 0 Å². The van der Waals surface area contributed by atoms with Gasteiger partial charge in [0.15, 0.2) is 9.84 Å². The van der Waals surface area contributed by atoms with Gasteiger partial charge in [0.25, 0.3) is 0 Å². The summed E-state index contributed by atoms with van der Waals surface area (Å²) in [6, 6.07) is 12.3. The average molecular weight is 413 g/mol. The van der Waals surface area contributed by atoms with Gasteiger partial charge in [-0.15, -0.1) is 0 Å². The number of ether oxygens (including phenoxy) is 1. The molecule has 28 heavy (non-hydrogen) atoms. The van der Waals surface area contributed by atoms with Crippen LogP contribution in [-0.2, 0) is 29.1 Å². The van der Waals surface area contributed by atoms with Crippen LogP contribution in [-0.4, -0.2) is 38.0 Å². The fraction of sp³-hybridized carbons (Fsp3) is 0.400. The molecule has 0 amide bonds. The highest BCUT2D eigenvalue weighted by atomic mass is 32.2. The number of methoxy groups -OCH3 is 1. The smallest absolute Gasteiger partial charge is 0.416 e. The van der Waals surface area contributed by atoms with E-state index in [1.807, 2.05) is 29.2 Å². The molecule has 0 unspecified atom stereocenters. The van der Waals surface area contributed by atoms with E-state index < -0.39 is 21.6 Å². The van der Waals surface area contributed by atoms with Crippen molar-refractivity contribution in [2.75, 3.05) is 18.6 Å². The van der Waals surface area contributed by atoms with Crippen molar-refractivity contribution < 1.29 is 26.3 Å². The molecule has 0 aliphatic carbocycles. The van der Waals surface area contributed by atoms with Crippen molar-refractivity contribution in [3.8, 4) is 5.75 Å². The third kappa shape index (κ3) is 5.26. The lowest BCUT2D eigenvalue weighted by atomic mass is 10.1. The summed E-state index contributed by atoms with van der Waals surface area (Å²) >= 11 is 0. The summed E-state index contributed by atoms with van der Waals surface area (Å²) in [6.07, 6.45) is -3.93. The van der Waals surface area contributed by atoms with E-state index in [0.29, 0.717) is 24.3 Å². The summed E-state index contributed by atoms with van der Waals surface area (Å²) in [5.41, 5.74) is 0.748. The normalized spacial score (nSPS) is 19.1. The Kier molecular flexibility index (Phi) is 6.00. The van der Waals surface area contributed by atoms with E-state index in [9.17, 15) is 21.6 Å². The summed E-state index contributed by atoms with van der Waals surface area (Å²) in [5, 5.41) is 0. The molecule has 1 saturated heterocycles. The molecule has 1 atom stereocenters. The largest absolute Gasteiger partial charge is 0.497 e. The summed E-state index contributed by atoms with van der Waals surface area (Å²) in [4.78, 5) is 1.95. The van der Waals surface area contributed by atoms with E-state index in [-0.39, 0.29) is 24.1 Å². The Hall–Kier alpha value is -2.06.